The van der Waals surface area contributed by atoms with Gasteiger partial charge in [-0.15, -0.1) is 11.8 Å². The summed E-state index contributed by atoms with van der Waals surface area (Å²) in [6.45, 7) is 1.08. The second kappa shape index (κ2) is 7.31. The van der Waals surface area contributed by atoms with Crippen molar-refractivity contribution in [3.05, 3.63) is 58.4 Å². The van der Waals surface area contributed by atoms with Crippen LogP contribution in [0.2, 0.25) is 0 Å². The van der Waals surface area contributed by atoms with Crippen molar-refractivity contribution in [3.8, 4) is 5.75 Å². The summed E-state index contributed by atoms with van der Waals surface area (Å²) in [5.41, 5.74) is 2.58. The fourth-order valence-electron chi connectivity index (χ4n) is 3.36. The number of amides is 1. The smallest absolute Gasteiger partial charge is 0.355 e. The zero-order chi connectivity index (χ0) is 20.0. The third-order valence-corrected chi connectivity index (χ3v) is 6.95. The number of ether oxygens (including phenoxy) is 2. The van der Waals surface area contributed by atoms with Crippen molar-refractivity contribution < 1.29 is 19.1 Å². The molecule has 1 aromatic carbocycles. The standard InChI is InChI=1S/C20H17N3O4S2/c1-26-14-4-2-12(3-5-14)10-27-19(25)16-11-29-18-15(17(24)23(16)18)8-13-9-22-6-7-28-20(22)21-13/h2-5,8-9,11,18H,6-7,10H2,1H3/t18-/m1/s1. The molecule has 3 aliphatic rings. The van der Waals surface area contributed by atoms with Crippen LogP contribution in [0.15, 0.2) is 52.3 Å². The molecular weight excluding hydrogens is 410 g/mol. The van der Waals surface area contributed by atoms with Crippen molar-refractivity contribution in [2.75, 3.05) is 12.9 Å². The molecule has 1 saturated heterocycles. The summed E-state index contributed by atoms with van der Waals surface area (Å²) in [5, 5.41) is 2.50. The number of hydrogen-bond donors (Lipinski definition) is 0. The quantitative estimate of drug-likeness (QED) is 0.413. The number of carbonyl (C=O) groups is 2. The molecule has 1 fully saturated rings. The summed E-state index contributed by atoms with van der Waals surface area (Å²) in [6, 6.07) is 7.29. The van der Waals surface area contributed by atoms with Crippen molar-refractivity contribution in [2.45, 2.75) is 23.7 Å². The lowest BCUT2D eigenvalue weighted by Gasteiger charge is -2.37. The van der Waals surface area contributed by atoms with Gasteiger partial charge >= 0.3 is 5.97 Å². The van der Waals surface area contributed by atoms with Gasteiger partial charge in [-0.25, -0.2) is 9.78 Å². The summed E-state index contributed by atoms with van der Waals surface area (Å²) in [5.74, 6) is 1.11. The highest BCUT2D eigenvalue weighted by Gasteiger charge is 2.50. The Morgan fingerprint density at radius 2 is 2.17 bits per heavy atom. The maximum Gasteiger partial charge on any atom is 0.355 e. The molecule has 1 atom stereocenters. The molecule has 0 spiro atoms. The molecule has 9 heteroatoms. The van der Waals surface area contributed by atoms with E-state index in [0.29, 0.717) is 11.3 Å². The Kier molecular flexibility index (Phi) is 4.63. The molecule has 29 heavy (non-hydrogen) atoms. The molecule has 0 radical (unpaired) electrons. The summed E-state index contributed by atoms with van der Waals surface area (Å²) in [6.07, 6.45) is 3.79. The lowest BCUT2D eigenvalue weighted by molar-refractivity contribution is -0.146. The maximum atomic E-state index is 12.6. The van der Waals surface area contributed by atoms with E-state index in [9.17, 15) is 9.59 Å². The van der Waals surface area contributed by atoms with Gasteiger partial charge in [0, 0.05) is 23.9 Å². The lowest BCUT2D eigenvalue weighted by atomic mass is 10.0. The predicted molar refractivity (Wildman–Crippen MR) is 110 cm³/mol. The summed E-state index contributed by atoms with van der Waals surface area (Å²) in [4.78, 5) is 31.1. The normalized spacial score (nSPS) is 20.9. The number of fused-ring (bicyclic) bond motifs is 2. The highest BCUT2D eigenvalue weighted by Crippen LogP contribution is 2.45. The first-order valence-electron chi connectivity index (χ1n) is 9.05. The summed E-state index contributed by atoms with van der Waals surface area (Å²) >= 11 is 3.15. The van der Waals surface area contributed by atoms with E-state index in [1.54, 1.807) is 24.3 Å². The molecule has 0 N–H and O–H groups in total. The average Bonchev–Trinajstić information content (AvgIpc) is 3.43. The van der Waals surface area contributed by atoms with Gasteiger partial charge in [0.05, 0.1) is 18.4 Å². The molecule has 7 nitrogen and oxygen atoms in total. The van der Waals surface area contributed by atoms with Gasteiger partial charge in [0.15, 0.2) is 5.16 Å². The number of esters is 1. The van der Waals surface area contributed by atoms with Crippen LogP contribution in [0.25, 0.3) is 6.08 Å². The van der Waals surface area contributed by atoms with Crippen molar-refractivity contribution in [1.82, 2.24) is 14.5 Å². The van der Waals surface area contributed by atoms with Crippen LogP contribution in [0.4, 0.5) is 0 Å². The first-order chi connectivity index (χ1) is 14.1. The summed E-state index contributed by atoms with van der Waals surface area (Å²) < 4.78 is 12.6. The number of imidazole rings is 1. The highest BCUT2D eigenvalue weighted by atomic mass is 32.2. The Labute approximate surface area is 175 Å². The highest BCUT2D eigenvalue weighted by molar-refractivity contribution is 8.03. The fourth-order valence-corrected chi connectivity index (χ4v) is 5.43. The van der Waals surface area contributed by atoms with E-state index in [4.69, 9.17) is 9.47 Å². The number of carbonyl (C=O) groups excluding carboxylic acids is 2. The molecule has 0 unspecified atom stereocenters. The third-order valence-electron chi connectivity index (χ3n) is 4.90. The SMILES string of the molecule is COc1ccc(COC(=O)C2=CS[C@@H]3C(=Cc4cn5c(n4)SCC5)C(=O)N23)cc1. The molecule has 0 saturated carbocycles. The molecule has 1 aromatic heterocycles. The Morgan fingerprint density at radius 3 is 2.93 bits per heavy atom. The molecule has 4 heterocycles. The fraction of sp³-hybridized carbons (Fsp3) is 0.250. The Balaban J connectivity index is 1.23. The predicted octanol–water partition coefficient (Wildman–Crippen LogP) is 2.88. The molecule has 148 valence electrons. The number of rotatable bonds is 5. The number of methoxy groups -OCH3 is 1. The zero-order valence-electron chi connectivity index (χ0n) is 15.5. The Hall–Kier alpha value is -2.65. The van der Waals surface area contributed by atoms with Crippen LogP contribution in [0, 0.1) is 0 Å². The van der Waals surface area contributed by atoms with Crippen molar-refractivity contribution in [1.29, 1.82) is 0 Å². The zero-order valence-corrected chi connectivity index (χ0v) is 17.2. The molecule has 2 aromatic rings. The minimum atomic E-state index is -0.499. The van der Waals surface area contributed by atoms with Crippen LogP contribution >= 0.6 is 23.5 Å². The summed E-state index contributed by atoms with van der Waals surface area (Å²) in [7, 11) is 1.60. The van der Waals surface area contributed by atoms with Crippen LogP contribution in [-0.4, -0.2) is 44.6 Å². The number of nitrogens with zero attached hydrogens (tertiary/aromatic N) is 3. The third kappa shape index (κ3) is 3.24. The van der Waals surface area contributed by atoms with Gasteiger partial charge in [0.25, 0.3) is 5.91 Å². The van der Waals surface area contributed by atoms with Gasteiger partial charge in [-0.1, -0.05) is 23.9 Å². The van der Waals surface area contributed by atoms with E-state index < -0.39 is 5.97 Å². The van der Waals surface area contributed by atoms with E-state index >= 15 is 0 Å². The molecule has 5 rings (SSSR count). The van der Waals surface area contributed by atoms with Crippen molar-refractivity contribution >= 4 is 41.5 Å². The van der Waals surface area contributed by atoms with Crippen LogP contribution in [0.1, 0.15) is 11.3 Å². The van der Waals surface area contributed by atoms with Crippen LogP contribution in [-0.2, 0) is 27.5 Å². The van der Waals surface area contributed by atoms with Gasteiger partial charge in [0.2, 0.25) is 0 Å². The number of aromatic nitrogens is 2. The minimum Gasteiger partial charge on any atom is -0.497 e. The monoisotopic (exact) mass is 427 g/mol. The lowest BCUT2D eigenvalue weighted by Crippen LogP contribution is -2.51. The first kappa shape index (κ1) is 18.4. The maximum absolute atomic E-state index is 12.6. The van der Waals surface area contributed by atoms with Crippen molar-refractivity contribution in [3.63, 3.8) is 0 Å². The molecule has 1 amide bonds. The largest absolute Gasteiger partial charge is 0.497 e. The average molecular weight is 428 g/mol. The van der Waals surface area contributed by atoms with Crippen LogP contribution < -0.4 is 4.74 Å². The van der Waals surface area contributed by atoms with E-state index in [1.165, 1.54) is 16.7 Å². The van der Waals surface area contributed by atoms with Gasteiger partial charge in [0.1, 0.15) is 23.4 Å². The van der Waals surface area contributed by atoms with Gasteiger partial charge in [-0.05, 0) is 23.8 Å². The number of benzene rings is 1. The second-order valence-corrected chi connectivity index (χ2v) is 8.70. The van der Waals surface area contributed by atoms with Gasteiger partial charge in [-0.3, -0.25) is 9.69 Å². The number of β-lactam (4-membered cyclic amide) rings is 1. The number of thioether (sulfide) groups is 2. The number of hydrogen-bond acceptors (Lipinski definition) is 7. The Bertz CT molecular complexity index is 1040. The van der Waals surface area contributed by atoms with Gasteiger partial charge < -0.3 is 14.0 Å². The van der Waals surface area contributed by atoms with Gasteiger partial charge in [-0.2, -0.15) is 0 Å². The van der Waals surface area contributed by atoms with Crippen LogP contribution in [0.3, 0.4) is 0 Å². The minimum absolute atomic E-state index is 0.137. The van der Waals surface area contributed by atoms with Crippen LogP contribution in [0.5, 0.6) is 5.75 Å². The van der Waals surface area contributed by atoms with E-state index in [1.807, 2.05) is 36.5 Å². The van der Waals surface area contributed by atoms with E-state index in [0.717, 1.165) is 34.5 Å². The number of aryl methyl sites for hydroxylation is 1. The van der Waals surface area contributed by atoms with E-state index in [2.05, 4.69) is 9.55 Å². The second-order valence-electron chi connectivity index (χ2n) is 6.68. The molecule has 0 aliphatic carbocycles. The molecule has 3 aliphatic heterocycles. The molecular formula is C20H17N3O4S2. The van der Waals surface area contributed by atoms with E-state index in [-0.39, 0.29) is 17.9 Å². The Morgan fingerprint density at radius 1 is 1.34 bits per heavy atom. The topological polar surface area (TPSA) is 73.7 Å². The molecule has 0 bridgehead atoms. The van der Waals surface area contributed by atoms with Crippen molar-refractivity contribution in [2.24, 2.45) is 0 Å². The first-order valence-corrected chi connectivity index (χ1v) is 11.0.